The lowest BCUT2D eigenvalue weighted by Crippen LogP contribution is -2.32. The van der Waals surface area contributed by atoms with Crippen LogP contribution in [0.1, 0.15) is 98.0 Å². The Morgan fingerprint density at radius 3 is 2.26 bits per heavy atom. The summed E-state index contributed by atoms with van der Waals surface area (Å²) in [6.45, 7) is 13.6. The summed E-state index contributed by atoms with van der Waals surface area (Å²) in [6, 6.07) is 3.16. The molecule has 0 bridgehead atoms. The van der Waals surface area contributed by atoms with Crippen molar-refractivity contribution in [2.45, 2.75) is 105 Å². The summed E-state index contributed by atoms with van der Waals surface area (Å²) in [5, 5.41) is 12.6. The van der Waals surface area contributed by atoms with Crippen molar-refractivity contribution in [1.29, 1.82) is 0 Å². The first-order valence-electron chi connectivity index (χ1n) is 13.3. The number of pyridine rings is 1. The largest absolute Gasteiger partial charge is 0.480 e. The summed E-state index contributed by atoms with van der Waals surface area (Å²) in [5.41, 5.74) is 2.37. The maximum Gasteiger partial charge on any atom is 0.327 e. The van der Waals surface area contributed by atoms with Gasteiger partial charge in [-0.3, -0.25) is 0 Å². The topological polar surface area (TPSA) is 62.2 Å². The van der Waals surface area contributed by atoms with Gasteiger partial charge >= 0.3 is 5.97 Å². The Hall–Kier alpha value is -1.49. The number of allylic oxidation sites excluding steroid dienone is 1. The Labute approximate surface area is 213 Å². The molecule has 0 aliphatic rings. The highest BCUT2D eigenvalue weighted by molar-refractivity contribution is 7.99. The van der Waals surface area contributed by atoms with E-state index in [0.29, 0.717) is 11.6 Å². The number of carboxylic acids is 1. The lowest BCUT2D eigenvalue weighted by Gasteiger charge is -2.16. The van der Waals surface area contributed by atoms with Crippen molar-refractivity contribution in [3.8, 4) is 0 Å². The van der Waals surface area contributed by atoms with E-state index in [-0.39, 0.29) is 0 Å². The van der Waals surface area contributed by atoms with Crippen LogP contribution >= 0.6 is 11.8 Å². The summed E-state index contributed by atoms with van der Waals surface area (Å²) in [7, 11) is 0. The van der Waals surface area contributed by atoms with Crippen LogP contribution in [-0.2, 0) is 4.79 Å². The first-order valence-corrected chi connectivity index (χ1v) is 14.5. The van der Waals surface area contributed by atoms with Crippen molar-refractivity contribution in [2.24, 2.45) is 17.8 Å². The second-order valence-corrected chi connectivity index (χ2v) is 11.7. The highest BCUT2D eigenvalue weighted by Gasteiger charge is 2.18. The van der Waals surface area contributed by atoms with Crippen LogP contribution < -0.4 is 5.32 Å². The molecule has 5 heteroatoms. The molecule has 0 aromatic carbocycles. The van der Waals surface area contributed by atoms with Crippen LogP contribution in [0.15, 0.2) is 30.0 Å². The van der Waals surface area contributed by atoms with E-state index in [4.69, 9.17) is 0 Å². The second-order valence-electron chi connectivity index (χ2n) is 10.7. The molecule has 3 atom stereocenters. The minimum atomic E-state index is -0.836. The lowest BCUT2D eigenvalue weighted by molar-refractivity contribution is -0.137. The fraction of sp³-hybridized carbons (Fsp3) is 0.724. The van der Waals surface area contributed by atoms with Gasteiger partial charge in [0.05, 0.1) is 0 Å². The fourth-order valence-corrected chi connectivity index (χ4v) is 5.17. The molecule has 0 aliphatic heterocycles. The molecule has 194 valence electrons. The molecule has 0 saturated carbocycles. The smallest absolute Gasteiger partial charge is 0.327 e. The average Bonchev–Trinajstić information content (AvgIpc) is 2.76. The standard InChI is InChI=1S/C29H50N2O2S/c1-22(2)11-7-12-23(3)13-8-14-24(4)15-9-16-25(5)18-20-34-21-27(29(32)33)31-28-26(6)17-10-19-30-28/h10,17-19,22-24,27H,7-9,11-16,20-21H2,1-6H3,(H,30,31)(H,32,33)/b25-18+. The van der Waals surface area contributed by atoms with E-state index in [1.54, 1.807) is 18.0 Å². The number of carboxylic acid groups (broad SMARTS) is 1. The number of aromatic nitrogens is 1. The maximum atomic E-state index is 11.6. The Morgan fingerprint density at radius 1 is 1.06 bits per heavy atom. The molecule has 0 fully saturated rings. The monoisotopic (exact) mass is 490 g/mol. The number of aliphatic carboxylic acids is 1. The van der Waals surface area contributed by atoms with Gasteiger partial charge in [-0.2, -0.15) is 11.8 Å². The van der Waals surface area contributed by atoms with Crippen LogP contribution in [0.3, 0.4) is 0 Å². The molecule has 1 heterocycles. The predicted molar refractivity (Wildman–Crippen MR) is 150 cm³/mol. The Bertz CT molecular complexity index is 720. The normalized spacial score (nSPS) is 14.7. The van der Waals surface area contributed by atoms with Crippen molar-refractivity contribution in [2.75, 3.05) is 16.8 Å². The number of hydrogen-bond acceptors (Lipinski definition) is 4. The number of aryl methyl sites for hydroxylation is 1. The highest BCUT2D eigenvalue weighted by atomic mass is 32.2. The Kier molecular flexibility index (Phi) is 16.1. The maximum absolute atomic E-state index is 11.6. The number of rotatable bonds is 19. The molecular weight excluding hydrogens is 440 g/mol. The summed E-state index contributed by atoms with van der Waals surface area (Å²) in [6.07, 6.45) is 15.9. The molecule has 1 aromatic rings. The molecule has 0 amide bonds. The van der Waals surface area contributed by atoms with Gasteiger partial charge in [-0.05, 0) is 56.1 Å². The van der Waals surface area contributed by atoms with Crippen molar-refractivity contribution in [3.63, 3.8) is 0 Å². The zero-order chi connectivity index (χ0) is 25.3. The van der Waals surface area contributed by atoms with E-state index in [1.165, 1.54) is 56.9 Å². The average molecular weight is 491 g/mol. The van der Waals surface area contributed by atoms with Gasteiger partial charge in [0, 0.05) is 17.7 Å². The fourth-order valence-electron chi connectivity index (χ4n) is 4.17. The molecule has 0 radical (unpaired) electrons. The van der Waals surface area contributed by atoms with E-state index < -0.39 is 12.0 Å². The molecule has 2 N–H and O–H groups in total. The summed E-state index contributed by atoms with van der Waals surface area (Å²) in [5.74, 6) is 3.70. The first kappa shape index (κ1) is 30.5. The zero-order valence-corrected chi connectivity index (χ0v) is 23.4. The van der Waals surface area contributed by atoms with Crippen LogP contribution in [0.4, 0.5) is 5.82 Å². The minimum absolute atomic E-state index is 0.516. The van der Waals surface area contributed by atoms with E-state index >= 15 is 0 Å². The van der Waals surface area contributed by atoms with E-state index in [9.17, 15) is 9.90 Å². The number of nitrogens with zero attached hydrogens (tertiary/aromatic N) is 1. The third-order valence-corrected chi connectivity index (χ3v) is 7.56. The van der Waals surface area contributed by atoms with Crippen molar-refractivity contribution >= 4 is 23.5 Å². The quantitative estimate of drug-likeness (QED) is 0.151. The van der Waals surface area contributed by atoms with Gasteiger partial charge in [-0.15, -0.1) is 0 Å². The van der Waals surface area contributed by atoms with E-state index in [1.807, 2.05) is 19.1 Å². The van der Waals surface area contributed by atoms with Crippen molar-refractivity contribution < 1.29 is 9.90 Å². The van der Waals surface area contributed by atoms with Gasteiger partial charge in [0.1, 0.15) is 11.9 Å². The van der Waals surface area contributed by atoms with Gasteiger partial charge in [0.15, 0.2) is 0 Å². The Morgan fingerprint density at radius 2 is 1.68 bits per heavy atom. The van der Waals surface area contributed by atoms with Gasteiger partial charge in [0.25, 0.3) is 0 Å². The van der Waals surface area contributed by atoms with E-state index in [2.05, 4.69) is 51.0 Å². The second kappa shape index (κ2) is 17.9. The molecular formula is C29H50N2O2S. The molecule has 0 aliphatic carbocycles. The number of thioether (sulfide) groups is 1. The number of carbonyl (C=O) groups is 1. The van der Waals surface area contributed by atoms with Gasteiger partial charge in [-0.1, -0.05) is 90.4 Å². The molecule has 1 rings (SSSR count). The molecule has 34 heavy (non-hydrogen) atoms. The SMILES string of the molecule is C/C(=C\CSCC(Nc1ncccc1C)C(=O)O)CCCC(C)CCCC(C)CCCC(C)C. The van der Waals surface area contributed by atoms with Crippen LogP contribution in [-0.4, -0.2) is 33.6 Å². The van der Waals surface area contributed by atoms with Crippen LogP contribution in [0, 0.1) is 24.7 Å². The zero-order valence-electron chi connectivity index (χ0n) is 22.6. The molecule has 4 nitrogen and oxygen atoms in total. The van der Waals surface area contributed by atoms with Crippen molar-refractivity contribution in [3.05, 3.63) is 35.5 Å². The molecule has 1 aromatic heterocycles. The predicted octanol–water partition coefficient (Wildman–Crippen LogP) is 8.37. The van der Waals surface area contributed by atoms with Gasteiger partial charge < -0.3 is 10.4 Å². The lowest BCUT2D eigenvalue weighted by atomic mass is 9.91. The molecule has 0 spiro atoms. The number of hydrogen-bond donors (Lipinski definition) is 2. The van der Waals surface area contributed by atoms with Gasteiger partial charge in [0.2, 0.25) is 0 Å². The van der Waals surface area contributed by atoms with Gasteiger partial charge in [-0.25, -0.2) is 9.78 Å². The summed E-state index contributed by atoms with van der Waals surface area (Å²) >= 11 is 1.66. The Balaban J connectivity index is 2.18. The summed E-state index contributed by atoms with van der Waals surface area (Å²) < 4.78 is 0. The number of nitrogens with one attached hydrogen (secondary N) is 1. The molecule has 3 unspecified atom stereocenters. The highest BCUT2D eigenvalue weighted by Crippen LogP contribution is 2.22. The van der Waals surface area contributed by atoms with E-state index in [0.717, 1.165) is 35.5 Å². The van der Waals surface area contributed by atoms with Crippen LogP contribution in [0.25, 0.3) is 0 Å². The van der Waals surface area contributed by atoms with Crippen LogP contribution in [0.5, 0.6) is 0 Å². The van der Waals surface area contributed by atoms with Crippen LogP contribution in [0.2, 0.25) is 0 Å². The molecule has 0 saturated heterocycles. The number of anilines is 1. The first-order chi connectivity index (χ1) is 16.2. The summed E-state index contributed by atoms with van der Waals surface area (Å²) in [4.78, 5) is 15.9. The third-order valence-electron chi connectivity index (χ3n) is 6.59. The minimum Gasteiger partial charge on any atom is -0.480 e. The third kappa shape index (κ3) is 14.7. The van der Waals surface area contributed by atoms with Crippen molar-refractivity contribution in [1.82, 2.24) is 4.98 Å².